The van der Waals surface area contributed by atoms with Gasteiger partial charge in [0.15, 0.2) is 0 Å². The van der Waals surface area contributed by atoms with Gasteiger partial charge in [-0.1, -0.05) is 69.4 Å². The van der Waals surface area contributed by atoms with Crippen LogP contribution in [-0.4, -0.2) is 11.2 Å². The van der Waals surface area contributed by atoms with Crippen LogP contribution in [0.2, 0.25) is 0 Å². The van der Waals surface area contributed by atoms with E-state index in [0.29, 0.717) is 5.92 Å². The van der Waals surface area contributed by atoms with Gasteiger partial charge in [-0.25, -0.2) is 0 Å². The van der Waals surface area contributed by atoms with Gasteiger partial charge in [0, 0.05) is 0 Å². The van der Waals surface area contributed by atoms with E-state index in [-0.39, 0.29) is 6.10 Å². The van der Waals surface area contributed by atoms with Crippen molar-refractivity contribution in [3.63, 3.8) is 0 Å². The zero-order chi connectivity index (χ0) is 13.5. The van der Waals surface area contributed by atoms with Gasteiger partial charge < -0.3 is 5.11 Å². The Morgan fingerprint density at radius 2 is 1.79 bits per heavy atom. The summed E-state index contributed by atoms with van der Waals surface area (Å²) in [6.07, 6.45) is 9.88. The van der Waals surface area contributed by atoms with Crippen molar-refractivity contribution in [2.24, 2.45) is 11.8 Å². The normalized spacial score (nSPS) is 25.2. The van der Waals surface area contributed by atoms with E-state index in [1.165, 1.54) is 50.5 Å². The lowest BCUT2D eigenvalue weighted by molar-refractivity contribution is 0.0726. The molecule has 0 heterocycles. The fourth-order valence-electron chi connectivity index (χ4n) is 3.38. The molecule has 0 radical (unpaired) electrons. The molecule has 19 heavy (non-hydrogen) atoms. The molecule has 1 heteroatoms. The highest BCUT2D eigenvalue weighted by Crippen LogP contribution is 2.34. The number of benzene rings is 1. The first-order valence-electron chi connectivity index (χ1n) is 8.01. The Kier molecular flexibility index (Phi) is 5.91. The molecule has 1 N–H and O–H groups in total. The van der Waals surface area contributed by atoms with Gasteiger partial charge in [0.2, 0.25) is 0 Å². The Bertz CT molecular complexity index is 338. The smallest absolute Gasteiger partial charge is 0.0608 e. The lowest BCUT2D eigenvalue weighted by atomic mass is 9.76. The maximum Gasteiger partial charge on any atom is 0.0608 e. The Hall–Kier alpha value is -0.820. The molecule has 1 nitrogen and oxygen atoms in total. The number of rotatable bonds is 6. The predicted molar refractivity (Wildman–Crippen MR) is 81.1 cm³/mol. The van der Waals surface area contributed by atoms with Gasteiger partial charge in [-0.05, 0) is 36.7 Å². The Balaban J connectivity index is 1.74. The van der Waals surface area contributed by atoms with Crippen molar-refractivity contribution in [2.75, 3.05) is 0 Å². The highest BCUT2D eigenvalue weighted by atomic mass is 16.3. The summed E-state index contributed by atoms with van der Waals surface area (Å²) in [7, 11) is 0. The summed E-state index contributed by atoms with van der Waals surface area (Å²) in [5.41, 5.74) is 1.27. The SMILES string of the molecule is CCCCC1CCC(C(O)Cc2ccccc2)CC1. The summed E-state index contributed by atoms with van der Waals surface area (Å²) in [5.74, 6) is 1.46. The zero-order valence-corrected chi connectivity index (χ0v) is 12.2. The minimum Gasteiger partial charge on any atom is -0.392 e. The summed E-state index contributed by atoms with van der Waals surface area (Å²) in [5, 5.41) is 10.4. The molecule has 1 unspecified atom stereocenters. The Morgan fingerprint density at radius 3 is 2.42 bits per heavy atom. The van der Waals surface area contributed by atoms with Gasteiger partial charge in [-0.2, -0.15) is 0 Å². The molecule has 1 aromatic carbocycles. The van der Waals surface area contributed by atoms with E-state index in [0.717, 1.165) is 12.3 Å². The molecule has 1 fully saturated rings. The average Bonchev–Trinajstić information content (AvgIpc) is 2.46. The molecule has 0 bridgehead atoms. The van der Waals surface area contributed by atoms with Crippen LogP contribution in [0.15, 0.2) is 30.3 Å². The molecule has 1 saturated carbocycles. The van der Waals surface area contributed by atoms with Crippen molar-refractivity contribution >= 4 is 0 Å². The van der Waals surface area contributed by atoms with Crippen LogP contribution in [0.1, 0.15) is 57.4 Å². The van der Waals surface area contributed by atoms with Crippen LogP contribution in [0, 0.1) is 11.8 Å². The molecule has 0 saturated heterocycles. The summed E-state index contributed by atoms with van der Waals surface area (Å²) >= 11 is 0. The van der Waals surface area contributed by atoms with Crippen molar-refractivity contribution < 1.29 is 5.11 Å². The number of hydrogen-bond donors (Lipinski definition) is 1. The third-order valence-corrected chi connectivity index (χ3v) is 4.69. The lowest BCUT2D eigenvalue weighted by Crippen LogP contribution is -2.27. The van der Waals surface area contributed by atoms with Crippen LogP contribution >= 0.6 is 0 Å². The van der Waals surface area contributed by atoms with Crippen LogP contribution < -0.4 is 0 Å². The topological polar surface area (TPSA) is 20.2 Å². The second kappa shape index (κ2) is 7.69. The fraction of sp³-hybridized carbons (Fsp3) is 0.667. The van der Waals surface area contributed by atoms with E-state index in [4.69, 9.17) is 0 Å². The molecule has 1 atom stereocenters. The van der Waals surface area contributed by atoms with E-state index >= 15 is 0 Å². The van der Waals surface area contributed by atoms with Crippen LogP contribution in [-0.2, 0) is 6.42 Å². The van der Waals surface area contributed by atoms with Crippen molar-refractivity contribution in [1.29, 1.82) is 0 Å². The molecule has 0 aliphatic heterocycles. The second-order valence-electron chi connectivity index (χ2n) is 6.18. The van der Waals surface area contributed by atoms with Crippen molar-refractivity contribution in [1.82, 2.24) is 0 Å². The van der Waals surface area contributed by atoms with E-state index in [1.54, 1.807) is 0 Å². The third kappa shape index (κ3) is 4.65. The van der Waals surface area contributed by atoms with Crippen molar-refractivity contribution in [2.45, 2.75) is 64.4 Å². The summed E-state index contributed by atoms with van der Waals surface area (Å²) in [6, 6.07) is 10.4. The van der Waals surface area contributed by atoms with E-state index < -0.39 is 0 Å². The van der Waals surface area contributed by atoms with E-state index in [1.807, 2.05) is 6.07 Å². The highest BCUT2D eigenvalue weighted by molar-refractivity contribution is 5.15. The minimum atomic E-state index is -0.144. The van der Waals surface area contributed by atoms with Gasteiger partial charge in [-0.15, -0.1) is 0 Å². The summed E-state index contributed by atoms with van der Waals surface area (Å²) in [4.78, 5) is 0. The standard InChI is InChI=1S/C18H28O/c1-2-3-7-15-10-12-17(13-11-15)18(19)14-16-8-5-4-6-9-16/h4-6,8-9,15,17-19H,2-3,7,10-14H2,1H3. The van der Waals surface area contributed by atoms with Crippen LogP contribution in [0.3, 0.4) is 0 Å². The van der Waals surface area contributed by atoms with Crippen LogP contribution in [0.5, 0.6) is 0 Å². The van der Waals surface area contributed by atoms with E-state index in [9.17, 15) is 5.11 Å². The number of hydrogen-bond acceptors (Lipinski definition) is 1. The molecule has 2 rings (SSSR count). The van der Waals surface area contributed by atoms with Gasteiger partial charge in [0.25, 0.3) is 0 Å². The van der Waals surface area contributed by atoms with Crippen molar-refractivity contribution in [3.05, 3.63) is 35.9 Å². The number of aliphatic hydroxyl groups is 1. The average molecular weight is 260 g/mol. The summed E-state index contributed by atoms with van der Waals surface area (Å²) < 4.78 is 0. The molecule has 1 aliphatic carbocycles. The number of aliphatic hydroxyl groups excluding tert-OH is 1. The lowest BCUT2D eigenvalue weighted by Gasteiger charge is -2.31. The van der Waals surface area contributed by atoms with Crippen molar-refractivity contribution in [3.8, 4) is 0 Å². The van der Waals surface area contributed by atoms with Gasteiger partial charge in [-0.3, -0.25) is 0 Å². The number of unbranched alkanes of at least 4 members (excludes halogenated alkanes) is 1. The third-order valence-electron chi connectivity index (χ3n) is 4.69. The summed E-state index contributed by atoms with van der Waals surface area (Å²) in [6.45, 7) is 2.27. The zero-order valence-electron chi connectivity index (χ0n) is 12.2. The minimum absolute atomic E-state index is 0.144. The Labute approximate surface area is 118 Å². The quantitative estimate of drug-likeness (QED) is 0.793. The van der Waals surface area contributed by atoms with Crippen LogP contribution in [0.25, 0.3) is 0 Å². The molecule has 106 valence electrons. The molecular formula is C18H28O. The highest BCUT2D eigenvalue weighted by Gasteiger charge is 2.26. The Morgan fingerprint density at radius 1 is 1.11 bits per heavy atom. The maximum absolute atomic E-state index is 10.4. The largest absolute Gasteiger partial charge is 0.392 e. The predicted octanol–water partition coefficient (Wildman–Crippen LogP) is 4.59. The molecule has 0 spiro atoms. The molecule has 0 aromatic heterocycles. The maximum atomic E-state index is 10.4. The first-order valence-corrected chi connectivity index (χ1v) is 8.01. The fourth-order valence-corrected chi connectivity index (χ4v) is 3.38. The van der Waals surface area contributed by atoms with Gasteiger partial charge in [0.1, 0.15) is 0 Å². The molecule has 1 aromatic rings. The monoisotopic (exact) mass is 260 g/mol. The molecule has 0 amide bonds. The first-order chi connectivity index (χ1) is 9.29. The van der Waals surface area contributed by atoms with Gasteiger partial charge >= 0.3 is 0 Å². The molecular weight excluding hydrogens is 232 g/mol. The van der Waals surface area contributed by atoms with Gasteiger partial charge in [0.05, 0.1) is 6.10 Å². The van der Waals surface area contributed by atoms with E-state index in [2.05, 4.69) is 31.2 Å². The molecule has 1 aliphatic rings. The van der Waals surface area contributed by atoms with Crippen LogP contribution in [0.4, 0.5) is 0 Å². The second-order valence-corrected chi connectivity index (χ2v) is 6.18. The first kappa shape index (κ1) is 14.6.